The third-order valence-electron chi connectivity index (χ3n) is 2.16. The second-order valence-electron chi connectivity index (χ2n) is 3.88. The van der Waals surface area contributed by atoms with Gasteiger partial charge in [0.15, 0.2) is 0 Å². The van der Waals surface area contributed by atoms with Crippen LogP contribution in [0.5, 0.6) is 0 Å². The molecule has 0 N–H and O–H groups in total. The minimum Gasteiger partial charge on any atom is -0.339 e. The average molecular weight is 253 g/mol. The molecule has 0 fully saturated rings. The van der Waals surface area contributed by atoms with Crippen LogP contribution in [0.15, 0.2) is 6.07 Å². The summed E-state index contributed by atoms with van der Waals surface area (Å²) in [5.74, 6) is -0.484. The van der Waals surface area contributed by atoms with Gasteiger partial charge in [-0.1, -0.05) is 0 Å². The van der Waals surface area contributed by atoms with E-state index in [2.05, 4.69) is 16.0 Å². The normalized spacial score (nSPS) is 11.7. The van der Waals surface area contributed by atoms with E-state index in [9.17, 15) is 4.79 Å². The van der Waals surface area contributed by atoms with E-state index in [-0.39, 0.29) is 22.8 Å². The summed E-state index contributed by atoms with van der Waals surface area (Å²) in [5.41, 5.74) is 0.880. The van der Waals surface area contributed by atoms with Crippen molar-refractivity contribution in [2.75, 3.05) is 13.6 Å². The van der Waals surface area contributed by atoms with E-state index in [1.165, 1.54) is 4.90 Å². The van der Waals surface area contributed by atoms with Crippen LogP contribution in [0.3, 0.4) is 0 Å². The SMILES string of the molecule is Cc1cc(C(=O)N(C)CC(C)C#N)nc(Cl)n1. The number of nitriles is 1. The summed E-state index contributed by atoms with van der Waals surface area (Å²) in [7, 11) is 1.63. The lowest BCUT2D eigenvalue weighted by Crippen LogP contribution is -2.31. The molecule has 1 heterocycles. The van der Waals surface area contributed by atoms with Crippen molar-refractivity contribution in [3.8, 4) is 6.07 Å². The standard InChI is InChI=1S/C11H13ClN4O/c1-7(5-13)6-16(3)10(17)9-4-8(2)14-11(12)15-9/h4,7H,6H2,1-3H3. The molecule has 0 radical (unpaired) electrons. The molecule has 1 unspecified atom stereocenters. The van der Waals surface area contributed by atoms with Crippen molar-refractivity contribution >= 4 is 17.5 Å². The van der Waals surface area contributed by atoms with Crippen molar-refractivity contribution in [3.63, 3.8) is 0 Å². The van der Waals surface area contributed by atoms with Crippen LogP contribution in [-0.4, -0.2) is 34.4 Å². The molecule has 17 heavy (non-hydrogen) atoms. The maximum atomic E-state index is 12.0. The second kappa shape index (κ2) is 5.60. The molecule has 6 heteroatoms. The molecular formula is C11H13ClN4O. The van der Waals surface area contributed by atoms with E-state index in [1.807, 2.05) is 0 Å². The topological polar surface area (TPSA) is 69.9 Å². The van der Waals surface area contributed by atoms with Gasteiger partial charge in [0.05, 0.1) is 12.0 Å². The lowest BCUT2D eigenvalue weighted by molar-refractivity contribution is 0.0779. The van der Waals surface area contributed by atoms with E-state index >= 15 is 0 Å². The molecule has 0 aliphatic rings. The maximum absolute atomic E-state index is 12.0. The monoisotopic (exact) mass is 252 g/mol. The number of rotatable bonds is 3. The Bertz CT molecular complexity index is 449. The third-order valence-corrected chi connectivity index (χ3v) is 2.33. The smallest absolute Gasteiger partial charge is 0.272 e. The van der Waals surface area contributed by atoms with E-state index in [0.717, 1.165) is 0 Å². The lowest BCUT2D eigenvalue weighted by atomic mass is 10.2. The van der Waals surface area contributed by atoms with Crippen LogP contribution >= 0.6 is 11.6 Å². The molecule has 0 saturated heterocycles. The molecule has 90 valence electrons. The fourth-order valence-electron chi connectivity index (χ4n) is 1.37. The van der Waals surface area contributed by atoms with Crippen LogP contribution in [0.25, 0.3) is 0 Å². The summed E-state index contributed by atoms with van der Waals surface area (Å²) in [5, 5.41) is 8.74. The van der Waals surface area contributed by atoms with Gasteiger partial charge in [0, 0.05) is 19.3 Å². The number of nitrogens with zero attached hydrogens (tertiary/aromatic N) is 4. The molecule has 0 aliphatic carbocycles. The Morgan fingerprint density at radius 3 is 2.82 bits per heavy atom. The van der Waals surface area contributed by atoms with E-state index < -0.39 is 0 Å². The van der Waals surface area contributed by atoms with Crippen molar-refractivity contribution < 1.29 is 4.79 Å². The number of amides is 1. The zero-order valence-electron chi connectivity index (χ0n) is 9.94. The lowest BCUT2D eigenvalue weighted by Gasteiger charge is -2.17. The van der Waals surface area contributed by atoms with Gasteiger partial charge >= 0.3 is 0 Å². The summed E-state index contributed by atoms with van der Waals surface area (Å²) in [6, 6.07) is 3.64. The van der Waals surface area contributed by atoms with Crippen LogP contribution < -0.4 is 0 Å². The number of carbonyl (C=O) groups is 1. The van der Waals surface area contributed by atoms with Gasteiger partial charge in [-0.15, -0.1) is 0 Å². The van der Waals surface area contributed by atoms with Crippen LogP contribution in [-0.2, 0) is 0 Å². The van der Waals surface area contributed by atoms with Gasteiger partial charge in [0.1, 0.15) is 5.69 Å². The van der Waals surface area contributed by atoms with Gasteiger partial charge in [-0.05, 0) is 31.5 Å². The van der Waals surface area contributed by atoms with Crippen LogP contribution in [0, 0.1) is 24.2 Å². The molecule has 1 rings (SSSR count). The molecule has 1 amide bonds. The Kier molecular flexibility index (Phi) is 4.41. The Hall–Kier alpha value is -1.67. The molecule has 1 aromatic heterocycles. The number of hydrogen-bond acceptors (Lipinski definition) is 4. The highest BCUT2D eigenvalue weighted by Gasteiger charge is 2.16. The quantitative estimate of drug-likeness (QED) is 0.768. The first-order valence-corrected chi connectivity index (χ1v) is 5.48. The van der Waals surface area contributed by atoms with Gasteiger partial charge in [0.25, 0.3) is 5.91 Å². The summed E-state index contributed by atoms with van der Waals surface area (Å²) in [6.45, 7) is 3.85. The zero-order valence-corrected chi connectivity index (χ0v) is 10.7. The molecule has 0 bridgehead atoms. The summed E-state index contributed by atoms with van der Waals surface area (Å²) in [4.78, 5) is 21.2. The van der Waals surface area contributed by atoms with Gasteiger partial charge in [-0.25, -0.2) is 9.97 Å². The maximum Gasteiger partial charge on any atom is 0.272 e. The largest absolute Gasteiger partial charge is 0.339 e. The highest BCUT2D eigenvalue weighted by atomic mass is 35.5. The van der Waals surface area contributed by atoms with Crippen molar-refractivity contribution in [3.05, 3.63) is 22.7 Å². The Balaban J connectivity index is 2.86. The minimum absolute atomic E-state index is 0.0510. The molecule has 1 aromatic rings. The summed E-state index contributed by atoms with van der Waals surface area (Å²) < 4.78 is 0. The molecule has 5 nitrogen and oxygen atoms in total. The molecule has 1 atom stereocenters. The molecule has 0 spiro atoms. The number of halogens is 1. The van der Waals surface area contributed by atoms with Gasteiger partial charge in [-0.2, -0.15) is 5.26 Å². The Morgan fingerprint density at radius 2 is 2.29 bits per heavy atom. The van der Waals surface area contributed by atoms with Crippen LogP contribution in [0.2, 0.25) is 5.28 Å². The second-order valence-corrected chi connectivity index (χ2v) is 4.22. The Morgan fingerprint density at radius 1 is 1.65 bits per heavy atom. The van der Waals surface area contributed by atoms with Crippen LogP contribution in [0.4, 0.5) is 0 Å². The Labute approximate surface area is 105 Å². The van der Waals surface area contributed by atoms with Crippen molar-refractivity contribution in [2.24, 2.45) is 5.92 Å². The fourth-order valence-corrected chi connectivity index (χ4v) is 1.60. The van der Waals surface area contributed by atoms with E-state index in [4.69, 9.17) is 16.9 Å². The number of aromatic nitrogens is 2. The van der Waals surface area contributed by atoms with E-state index in [1.54, 1.807) is 27.0 Å². The highest BCUT2D eigenvalue weighted by Crippen LogP contribution is 2.08. The van der Waals surface area contributed by atoms with Crippen molar-refractivity contribution in [2.45, 2.75) is 13.8 Å². The van der Waals surface area contributed by atoms with Gasteiger partial charge in [0.2, 0.25) is 5.28 Å². The van der Waals surface area contributed by atoms with E-state index in [0.29, 0.717) is 12.2 Å². The van der Waals surface area contributed by atoms with Crippen molar-refractivity contribution in [1.29, 1.82) is 5.26 Å². The molecular weight excluding hydrogens is 240 g/mol. The predicted octanol–water partition coefficient (Wildman–Crippen LogP) is 1.67. The molecule has 0 saturated carbocycles. The summed E-state index contributed by atoms with van der Waals surface area (Å²) >= 11 is 5.69. The predicted molar refractivity (Wildman–Crippen MR) is 63.5 cm³/mol. The van der Waals surface area contributed by atoms with Crippen molar-refractivity contribution in [1.82, 2.24) is 14.9 Å². The zero-order chi connectivity index (χ0) is 13.0. The first-order chi connectivity index (χ1) is 7.93. The fraction of sp³-hybridized carbons (Fsp3) is 0.455. The highest BCUT2D eigenvalue weighted by molar-refractivity contribution is 6.28. The first-order valence-electron chi connectivity index (χ1n) is 5.10. The number of hydrogen-bond donors (Lipinski definition) is 0. The van der Waals surface area contributed by atoms with Gasteiger partial charge < -0.3 is 4.90 Å². The summed E-state index contributed by atoms with van der Waals surface area (Å²) in [6.07, 6.45) is 0. The molecule has 0 aromatic carbocycles. The third kappa shape index (κ3) is 3.68. The van der Waals surface area contributed by atoms with Crippen LogP contribution in [0.1, 0.15) is 23.1 Å². The average Bonchev–Trinajstić information content (AvgIpc) is 2.26. The minimum atomic E-state index is -0.264. The van der Waals surface area contributed by atoms with Gasteiger partial charge in [-0.3, -0.25) is 4.79 Å². The number of aryl methyl sites for hydroxylation is 1. The molecule has 0 aliphatic heterocycles. The first kappa shape index (κ1) is 13.4. The number of carbonyl (C=O) groups excluding carboxylic acids is 1.